The molecule has 4 heterocycles. The number of anilines is 2. The third-order valence-electron chi connectivity index (χ3n) is 4.19. The molecule has 0 aromatic carbocycles. The van der Waals surface area contributed by atoms with Crippen molar-refractivity contribution in [1.82, 2.24) is 35.6 Å². The standard InChI is InChI=1S/C20H20N8O/c1-13-6-8-17(14(2)22-13)29-16-10-11-21-20(12-16)24-18-5-3-4-15(23-18)7-9-19-25-27-28-26-19/h3-6,8,10-12H,7,9H2,1-2H3,(H,21,23,24)(H,25,26,27,28). The van der Waals surface area contributed by atoms with Crippen LogP contribution >= 0.6 is 0 Å². The van der Waals surface area contributed by atoms with Crippen LogP contribution in [0.2, 0.25) is 0 Å². The summed E-state index contributed by atoms with van der Waals surface area (Å²) in [5, 5.41) is 17.1. The molecular weight excluding hydrogens is 368 g/mol. The SMILES string of the molecule is Cc1ccc(Oc2ccnc(Nc3cccc(CCc4nn[nH]n4)n3)c2)c(C)n1. The predicted molar refractivity (Wildman–Crippen MR) is 107 cm³/mol. The van der Waals surface area contributed by atoms with Crippen LogP contribution in [0.15, 0.2) is 48.7 Å². The van der Waals surface area contributed by atoms with E-state index in [4.69, 9.17) is 4.74 Å². The van der Waals surface area contributed by atoms with Crippen LogP contribution < -0.4 is 10.1 Å². The average Bonchev–Trinajstić information content (AvgIpc) is 3.23. The van der Waals surface area contributed by atoms with Crippen LogP contribution in [0.1, 0.15) is 22.9 Å². The van der Waals surface area contributed by atoms with Crippen molar-refractivity contribution < 1.29 is 4.74 Å². The summed E-state index contributed by atoms with van der Waals surface area (Å²) < 4.78 is 5.96. The maximum Gasteiger partial charge on any atom is 0.174 e. The Hall–Kier alpha value is -3.88. The summed E-state index contributed by atoms with van der Waals surface area (Å²) in [5.74, 6) is 3.40. The van der Waals surface area contributed by atoms with Crippen LogP contribution in [0.4, 0.5) is 11.6 Å². The Balaban J connectivity index is 1.44. The summed E-state index contributed by atoms with van der Waals surface area (Å²) in [6.45, 7) is 3.88. The maximum atomic E-state index is 5.96. The molecule has 0 aliphatic heterocycles. The number of hydrogen-bond donors (Lipinski definition) is 2. The molecule has 0 bridgehead atoms. The first-order chi connectivity index (χ1) is 14.2. The second-order valence-electron chi connectivity index (χ2n) is 6.48. The van der Waals surface area contributed by atoms with Crippen LogP contribution in [0.3, 0.4) is 0 Å². The van der Waals surface area contributed by atoms with Gasteiger partial charge in [-0.25, -0.2) is 9.97 Å². The highest BCUT2D eigenvalue weighted by atomic mass is 16.5. The van der Waals surface area contributed by atoms with E-state index >= 15 is 0 Å². The number of rotatable bonds is 7. The molecule has 146 valence electrons. The van der Waals surface area contributed by atoms with Crippen LogP contribution in [-0.2, 0) is 12.8 Å². The molecule has 0 fully saturated rings. The molecule has 9 nitrogen and oxygen atoms in total. The zero-order chi connectivity index (χ0) is 20.1. The molecule has 4 rings (SSSR count). The Kier molecular flexibility index (Phi) is 5.37. The fourth-order valence-corrected chi connectivity index (χ4v) is 2.80. The van der Waals surface area contributed by atoms with E-state index in [2.05, 4.69) is 40.9 Å². The van der Waals surface area contributed by atoms with Gasteiger partial charge in [0.25, 0.3) is 0 Å². The van der Waals surface area contributed by atoms with E-state index < -0.39 is 0 Å². The van der Waals surface area contributed by atoms with Crippen molar-refractivity contribution in [3.63, 3.8) is 0 Å². The van der Waals surface area contributed by atoms with E-state index in [0.29, 0.717) is 41.8 Å². The molecule has 0 radical (unpaired) electrons. The van der Waals surface area contributed by atoms with E-state index in [9.17, 15) is 0 Å². The summed E-state index contributed by atoms with van der Waals surface area (Å²) in [4.78, 5) is 13.4. The lowest BCUT2D eigenvalue weighted by Crippen LogP contribution is -2.01. The number of aromatic nitrogens is 7. The number of pyridine rings is 3. The van der Waals surface area contributed by atoms with Crippen molar-refractivity contribution in [2.75, 3.05) is 5.32 Å². The molecule has 0 spiro atoms. The summed E-state index contributed by atoms with van der Waals surface area (Å²) in [6.07, 6.45) is 3.07. The molecule has 0 unspecified atom stereocenters. The second-order valence-corrected chi connectivity index (χ2v) is 6.48. The highest BCUT2D eigenvalue weighted by molar-refractivity contribution is 5.54. The second kappa shape index (κ2) is 8.42. The average molecular weight is 388 g/mol. The van der Waals surface area contributed by atoms with Gasteiger partial charge in [-0.05, 0) is 50.6 Å². The third-order valence-corrected chi connectivity index (χ3v) is 4.19. The number of H-pyrrole nitrogens is 1. The molecule has 9 heteroatoms. The lowest BCUT2D eigenvalue weighted by Gasteiger charge is -2.11. The Morgan fingerprint density at radius 2 is 1.93 bits per heavy atom. The fraction of sp³-hybridized carbons (Fsp3) is 0.200. The molecule has 0 saturated heterocycles. The Morgan fingerprint density at radius 3 is 2.76 bits per heavy atom. The lowest BCUT2D eigenvalue weighted by atomic mass is 10.2. The van der Waals surface area contributed by atoms with Crippen LogP contribution in [0.25, 0.3) is 0 Å². The summed E-state index contributed by atoms with van der Waals surface area (Å²) in [6, 6.07) is 13.3. The van der Waals surface area contributed by atoms with Gasteiger partial charge in [0.05, 0.1) is 5.69 Å². The first-order valence-corrected chi connectivity index (χ1v) is 9.19. The molecule has 4 aromatic rings. The van der Waals surface area contributed by atoms with Crippen LogP contribution in [0.5, 0.6) is 11.5 Å². The minimum atomic E-state index is 0.642. The number of ether oxygens (including phenoxy) is 1. The lowest BCUT2D eigenvalue weighted by molar-refractivity contribution is 0.475. The van der Waals surface area contributed by atoms with Gasteiger partial charge < -0.3 is 10.1 Å². The number of nitrogens with one attached hydrogen (secondary N) is 2. The maximum absolute atomic E-state index is 5.96. The molecule has 0 atom stereocenters. The van der Waals surface area contributed by atoms with Gasteiger partial charge in [0.15, 0.2) is 5.82 Å². The van der Waals surface area contributed by atoms with Crippen molar-refractivity contribution in [2.45, 2.75) is 26.7 Å². The van der Waals surface area contributed by atoms with E-state index in [0.717, 1.165) is 17.1 Å². The molecule has 4 aromatic heterocycles. The fourth-order valence-electron chi connectivity index (χ4n) is 2.80. The Morgan fingerprint density at radius 1 is 1.00 bits per heavy atom. The van der Waals surface area contributed by atoms with E-state index in [1.165, 1.54) is 0 Å². The molecule has 0 aliphatic rings. The van der Waals surface area contributed by atoms with Gasteiger partial charge in [0.1, 0.15) is 23.1 Å². The van der Waals surface area contributed by atoms with Crippen LogP contribution in [0, 0.1) is 13.8 Å². The summed E-state index contributed by atoms with van der Waals surface area (Å²) in [7, 11) is 0. The van der Waals surface area contributed by atoms with Gasteiger partial charge in [-0.1, -0.05) is 11.3 Å². The van der Waals surface area contributed by atoms with E-state index in [1.807, 2.05) is 50.2 Å². The van der Waals surface area contributed by atoms with Gasteiger partial charge in [0, 0.05) is 30.1 Å². The molecule has 2 N–H and O–H groups in total. The topological polar surface area (TPSA) is 114 Å². The van der Waals surface area contributed by atoms with Gasteiger partial charge >= 0.3 is 0 Å². The monoisotopic (exact) mass is 388 g/mol. The minimum absolute atomic E-state index is 0.642. The zero-order valence-corrected chi connectivity index (χ0v) is 16.1. The van der Waals surface area contributed by atoms with Gasteiger partial charge in [-0.2, -0.15) is 5.21 Å². The number of tetrazole rings is 1. The normalized spacial score (nSPS) is 10.7. The predicted octanol–water partition coefficient (Wildman–Crippen LogP) is 3.32. The summed E-state index contributed by atoms with van der Waals surface area (Å²) >= 11 is 0. The molecular formula is C20H20N8O. The molecule has 0 aliphatic carbocycles. The molecule has 0 amide bonds. The van der Waals surface area contributed by atoms with Gasteiger partial charge in [-0.3, -0.25) is 4.98 Å². The van der Waals surface area contributed by atoms with Crippen molar-refractivity contribution in [2.24, 2.45) is 0 Å². The first kappa shape index (κ1) is 18.5. The highest BCUT2D eigenvalue weighted by Crippen LogP contribution is 2.26. The van der Waals surface area contributed by atoms with Gasteiger partial charge in [0.2, 0.25) is 0 Å². The molecule has 0 saturated carbocycles. The van der Waals surface area contributed by atoms with Crippen LogP contribution in [-0.4, -0.2) is 35.6 Å². The van der Waals surface area contributed by atoms with E-state index in [-0.39, 0.29) is 0 Å². The quantitative estimate of drug-likeness (QED) is 0.495. The third kappa shape index (κ3) is 4.89. The zero-order valence-electron chi connectivity index (χ0n) is 16.1. The van der Waals surface area contributed by atoms with Crippen molar-refractivity contribution in [3.8, 4) is 11.5 Å². The number of aryl methyl sites for hydroxylation is 4. The highest BCUT2D eigenvalue weighted by Gasteiger charge is 2.06. The van der Waals surface area contributed by atoms with E-state index in [1.54, 1.807) is 12.3 Å². The Labute approximate surface area is 167 Å². The van der Waals surface area contributed by atoms with Gasteiger partial charge in [-0.15, -0.1) is 10.2 Å². The minimum Gasteiger partial charge on any atom is -0.455 e. The number of aromatic amines is 1. The smallest absolute Gasteiger partial charge is 0.174 e. The van der Waals surface area contributed by atoms with Crippen molar-refractivity contribution >= 4 is 11.6 Å². The first-order valence-electron chi connectivity index (χ1n) is 9.19. The Bertz CT molecular complexity index is 1100. The molecule has 29 heavy (non-hydrogen) atoms. The largest absolute Gasteiger partial charge is 0.455 e. The number of hydrogen-bond acceptors (Lipinski definition) is 8. The number of nitrogens with zero attached hydrogens (tertiary/aromatic N) is 6. The summed E-state index contributed by atoms with van der Waals surface area (Å²) in [5.41, 5.74) is 2.72. The van der Waals surface area contributed by atoms with Crippen molar-refractivity contribution in [3.05, 3.63) is 71.6 Å². The van der Waals surface area contributed by atoms with Crippen molar-refractivity contribution in [1.29, 1.82) is 0 Å².